The Morgan fingerprint density at radius 2 is 1.91 bits per heavy atom. The zero-order valence-corrected chi connectivity index (χ0v) is 20.3. The number of sulfone groups is 1. The Labute approximate surface area is 194 Å². The minimum absolute atomic E-state index is 0.0539. The van der Waals surface area contributed by atoms with Crippen molar-refractivity contribution in [1.29, 1.82) is 0 Å². The molecule has 2 unspecified atom stereocenters. The van der Waals surface area contributed by atoms with E-state index in [1.54, 1.807) is 4.90 Å². The molecule has 10 heteroatoms. The summed E-state index contributed by atoms with van der Waals surface area (Å²) in [7, 11) is -3.05. The number of nitrogens with zero attached hydrogens (tertiary/aromatic N) is 5. The van der Waals surface area contributed by atoms with E-state index in [0.717, 1.165) is 37.6 Å². The lowest BCUT2D eigenvalue weighted by atomic mass is 10.1. The van der Waals surface area contributed by atoms with Crippen LogP contribution in [-0.4, -0.2) is 76.4 Å². The second kappa shape index (κ2) is 9.82. The third-order valence-electron chi connectivity index (χ3n) is 6.17. The van der Waals surface area contributed by atoms with Crippen LogP contribution >= 0.6 is 11.8 Å². The molecule has 1 amide bonds. The van der Waals surface area contributed by atoms with E-state index in [9.17, 15) is 13.2 Å². The maximum Gasteiger partial charge on any atom is 0.236 e. The quantitative estimate of drug-likeness (QED) is 0.567. The molecule has 2 aromatic rings. The monoisotopic (exact) mass is 477 g/mol. The van der Waals surface area contributed by atoms with Gasteiger partial charge < -0.3 is 9.80 Å². The van der Waals surface area contributed by atoms with Gasteiger partial charge in [-0.15, -0.1) is 10.2 Å². The van der Waals surface area contributed by atoms with Gasteiger partial charge in [-0.1, -0.05) is 30.0 Å². The van der Waals surface area contributed by atoms with Crippen LogP contribution in [0, 0.1) is 0 Å². The van der Waals surface area contributed by atoms with Gasteiger partial charge in [0, 0.05) is 25.7 Å². The highest BCUT2D eigenvalue weighted by Gasteiger charge is 2.36. The van der Waals surface area contributed by atoms with Crippen molar-refractivity contribution in [3.05, 3.63) is 30.3 Å². The van der Waals surface area contributed by atoms with Gasteiger partial charge in [0.15, 0.2) is 15.0 Å². The number of carbonyl (C=O) groups is 1. The summed E-state index contributed by atoms with van der Waals surface area (Å²) in [6.45, 7) is 6.16. The molecule has 0 spiro atoms. The van der Waals surface area contributed by atoms with E-state index in [1.165, 1.54) is 18.2 Å². The number of piperidine rings is 1. The summed E-state index contributed by atoms with van der Waals surface area (Å²) in [5.41, 5.74) is 0.967. The SMILES string of the molecule is CCN(C(=O)C(C)Sc1nnc(N2CCCCC2)n1-c1ccccc1)C1CCS(=O)(=O)C1. The van der Waals surface area contributed by atoms with Gasteiger partial charge >= 0.3 is 0 Å². The average molecular weight is 478 g/mol. The number of hydrogen-bond acceptors (Lipinski definition) is 7. The minimum Gasteiger partial charge on any atom is -0.341 e. The molecule has 3 heterocycles. The van der Waals surface area contributed by atoms with Crippen molar-refractivity contribution in [1.82, 2.24) is 19.7 Å². The smallest absolute Gasteiger partial charge is 0.236 e. The molecule has 0 saturated carbocycles. The van der Waals surface area contributed by atoms with E-state index in [2.05, 4.69) is 15.1 Å². The maximum atomic E-state index is 13.3. The maximum absolute atomic E-state index is 13.3. The van der Waals surface area contributed by atoms with Crippen molar-refractivity contribution < 1.29 is 13.2 Å². The zero-order chi connectivity index (χ0) is 22.7. The van der Waals surface area contributed by atoms with Crippen LogP contribution in [0.1, 0.15) is 39.5 Å². The largest absolute Gasteiger partial charge is 0.341 e. The van der Waals surface area contributed by atoms with Crippen molar-refractivity contribution in [2.45, 2.75) is 56.0 Å². The van der Waals surface area contributed by atoms with Crippen molar-refractivity contribution in [3.63, 3.8) is 0 Å². The normalized spacial score (nSPS) is 21.4. The molecule has 32 heavy (non-hydrogen) atoms. The number of anilines is 1. The third-order valence-corrected chi connectivity index (χ3v) is 8.95. The molecule has 4 rings (SSSR count). The van der Waals surface area contributed by atoms with Crippen molar-refractivity contribution >= 4 is 33.5 Å². The van der Waals surface area contributed by atoms with E-state index in [-0.39, 0.29) is 23.5 Å². The van der Waals surface area contributed by atoms with Gasteiger partial charge in [0.2, 0.25) is 11.9 Å². The highest BCUT2D eigenvalue weighted by molar-refractivity contribution is 8.00. The van der Waals surface area contributed by atoms with Gasteiger partial charge in [0.25, 0.3) is 0 Å². The number of hydrogen-bond donors (Lipinski definition) is 0. The number of carbonyl (C=O) groups excluding carboxylic acids is 1. The molecular formula is C22H31N5O3S2. The lowest BCUT2D eigenvalue weighted by molar-refractivity contribution is -0.131. The molecule has 0 bridgehead atoms. The second-order valence-corrected chi connectivity index (χ2v) is 12.0. The van der Waals surface area contributed by atoms with Crippen LogP contribution in [0.25, 0.3) is 5.69 Å². The van der Waals surface area contributed by atoms with Gasteiger partial charge in [-0.25, -0.2) is 8.42 Å². The number of thioether (sulfide) groups is 1. The summed E-state index contributed by atoms with van der Waals surface area (Å²) in [6.07, 6.45) is 4.01. The Bertz CT molecular complexity index is 1040. The summed E-state index contributed by atoms with van der Waals surface area (Å²) in [5, 5.41) is 9.24. The summed E-state index contributed by atoms with van der Waals surface area (Å²) in [5.74, 6) is 0.974. The zero-order valence-electron chi connectivity index (χ0n) is 18.7. The summed E-state index contributed by atoms with van der Waals surface area (Å²) < 4.78 is 25.9. The van der Waals surface area contributed by atoms with Crippen LogP contribution in [0.5, 0.6) is 0 Å². The van der Waals surface area contributed by atoms with E-state index in [4.69, 9.17) is 0 Å². The lowest BCUT2D eigenvalue weighted by Crippen LogP contribution is -2.44. The topological polar surface area (TPSA) is 88.4 Å². The molecular weight excluding hydrogens is 446 g/mol. The van der Waals surface area contributed by atoms with Crippen molar-refractivity contribution in [2.24, 2.45) is 0 Å². The lowest BCUT2D eigenvalue weighted by Gasteiger charge is -2.29. The molecule has 2 saturated heterocycles. The molecule has 8 nitrogen and oxygen atoms in total. The first-order valence-corrected chi connectivity index (χ1v) is 14.0. The first kappa shape index (κ1) is 23.1. The Morgan fingerprint density at radius 1 is 1.19 bits per heavy atom. The Morgan fingerprint density at radius 3 is 2.53 bits per heavy atom. The molecule has 0 radical (unpaired) electrons. The van der Waals surface area contributed by atoms with E-state index in [0.29, 0.717) is 18.1 Å². The first-order valence-electron chi connectivity index (χ1n) is 11.3. The Hall–Kier alpha value is -2.07. The number of amides is 1. The third kappa shape index (κ3) is 4.96. The molecule has 1 aromatic carbocycles. The van der Waals surface area contributed by atoms with Crippen molar-refractivity contribution in [2.75, 3.05) is 36.0 Å². The predicted octanol–water partition coefficient (Wildman–Crippen LogP) is 2.77. The van der Waals surface area contributed by atoms with Gasteiger partial charge in [-0.05, 0) is 51.7 Å². The van der Waals surface area contributed by atoms with Crippen LogP contribution in [0.4, 0.5) is 5.95 Å². The van der Waals surface area contributed by atoms with Gasteiger partial charge in [-0.3, -0.25) is 9.36 Å². The average Bonchev–Trinajstić information content (AvgIpc) is 3.38. The van der Waals surface area contributed by atoms with Crippen LogP contribution in [0.2, 0.25) is 0 Å². The fraction of sp³-hybridized carbons (Fsp3) is 0.591. The Kier molecular flexibility index (Phi) is 7.09. The highest BCUT2D eigenvalue weighted by Crippen LogP contribution is 2.31. The molecule has 0 aliphatic carbocycles. The van der Waals surface area contributed by atoms with Crippen molar-refractivity contribution in [3.8, 4) is 5.69 Å². The Balaban J connectivity index is 1.58. The van der Waals surface area contributed by atoms with E-state index < -0.39 is 15.1 Å². The van der Waals surface area contributed by atoms with E-state index in [1.807, 2.05) is 48.7 Å². The molecule has 0 N–H and O–H groups in total. The summed E-state index contributed by atoms with van der Waals surface area (Å²) in [4.78, 5) is 17.3. The standard InChI is InChI=1S/C22H31N5O3S2/c1-3-26(19-12-15-32(29,30)16-19)20(28)17(2)31-22-24-23-21(25-13-8-5-9-14-25)27(22)18-10-6-4-7-11-18/h4,6-7,10-11,17,19H,3,5,8-9,12-16H2,1-2H3. The van der Waals surface area contributed by atoms with E-state index >= 15 is 0 Å². The second-order valence-electron chi connectivity index (χ2n) is 8.44. The molecule has 174 valence electrons. The summed E-state index contributed by atoms with van der Waals surface area (Å²) >= 11 is 1.38. The van der Waals surface area contributed by atoms with Gasteiger partial charge in [0.1, 0.15) is 0 Å². The number of rotatable bonds is 7. The first-order chi connectivity index (χ1) is 15.4. The van der Waals surface area contributed by atoms with Crippen LogP contribution < -0.4 is 4.90 Å². The molecule has 2 aliphatic rings. The number of para-hydroxylation sites is 1. The number of benzene rings is 1. The van der Waals surface area contributed by atoms with Gasteiger partial charge in [0.05, 0.1) is 22.4 Å². The molecule has 2 atom stereocenters. The minimum atomic E-state index is -3.05. The van der Waals surface area contributed by atoms with Gasteiger partial charge in [-0.2, -0.15) is 0 Å². The molecule has 1 aromatic heterocycles. The molecule has 2 aliphatic heterocycles. The highest BCUT2D eigenvalue weighted by atomic mass is 32.2. The van der Waals surface area contributed by atoms with Crippen LogP contribution in [-0.2, 0) is 14.6 Å². The fourth-order valence-corrected chi connectivity index (χ4v) is 7.16. The summed E-state index contributed by atoms with van der Waals surface area (Å²) in [6, 6.07) is 9.75. The van der Waals surface area contributed by atoms with Crippen LogP contribution in [0.3, 0.4) is 0 Å². The number of aromatic nitrogens is 3. The predicted molar refractivity (Wildman–Crippen MR) is 127 cm³/mol. The fourth-order valence-electron chi connectivity index (χ4n) is 4.50. The van der Waals surface area contributed by atoms with Crippen LogP contribution in [0.15, 0.2) is 35.5 Å². The molecule has 2 fully saturated rings.